The zero-order chi connectivity index (χ0) is 22.4. The van der Waals surface area contributed by atoms with Crippen molar-refractivity contribution in [1.29, 1.82) is 0 Å². The van der Waals surface area contributed by atoms with Crippen molar-refractivity contribution in [3.05, 3.63) is 80.6 Å². The number of methoxy groups -OCH3 is 2. The van der Waals surface area contributed by atoms with Gasteiger partial charge in [0.15, 0.2) is 17.3 Å². The van der Waals surface area contributed by atoms with Crippen molar-refractivity contribution in [3.63, 3.8) is 0 Å². The molecule has 0 fully saturated rings. The Labute approximate surface area is 194 Å². The van der Waals surface area contributed by atoms with E-state index >= 15 is 0 Å². The summed E-state index contributed by atoms with van der Waals surface area (Å²) in [6, 6.07) is 13.9. The molecule has 1 aliphatic heterocycles. The van der Waals surface area contributed by atoms with Crippen molar-refractivity contribution < 1.29 is 18.8 Å². The van der Waals surface area contributed by atoms with Gasteiger partial charge in [-0.05, 0) is 54.7 Å². The van der Waals surface area contributed by atoms with Crippen molar-refractivity contribution in [2.24, 2.45) is 0 Å². The van der Waals surface area contributed by atoms with Gasteiger partial charge in [0.25, 0.3) is 0 Å². The number of carbonyl (C=O) groups is 1. The van der Waals surface area contributed by atoms with Crippen LogP contribution in [0.5, 0.6) is 11.5 Å². The van der Waals surface area contributed by atoms with Crippen LogP contribution in [0.25, 0.3) is 0 Å². The van der Waals surface area contributed by atoms with Crippen LogP contribution in [-0.4, -0.2) is 25.2 Å². The summed E-state index contributed by atoms with van der Waals surface area (Å²) in [4.78, 5) is 13.6. The minimum Gasteiger partial charge on any atom is -0.493 e. The third kappa shape index (κ3) is 3.41. The highest BCUT2D eigenvalue weighted by atomic mass is 79.9. The van der Waals surface area contributed by atoms with Crippen LogP contribution in [0.4, 0.5) is 5.88 Å². The summed E-state index contributed by atoms with van der Waals surface area (Å²) >= 11 is 3.57. The number of ether oxygens (including phenoxy) is 2. The number of halogens is 1. The lowest BCUT2D eigenvalue weighted by molar-refractivity contribution is -0.116. The zero-order valence-corrected chi connectivity index (χ0v) is 19.7. The average molecular weight is 495 g/mol. The Hall–Kier alpha value is -3.06. The number of rotatable bonds is 4. The van der Waals surface area contributed by atoms with Crippen LogP contribution in [0.3, 0.4) is 0 Å². The maximum absolute atomic E-state index is 13.6. The predicted molar refractivity (Wildman–Crippen MR) is 124 cm³/mol. The first-order valence-corrected chi connectivity index (χ1v) is 11.3. The number of anilines is 1. The van der Waals surface area contributed by atoms with E-state index in [4.69, 9.17) is 14.0 Å². The van der Waals surface area contributed by atoms with Crippen molar-refractivity contribution in [1.82, 2.24) is 5.16 Å². The Kier molecular flexibility index (Phi) is 5.29. The normalized spacial score (nSPS) is 19.8. The molecule has 3 aromatic rings. The van der Waals surface area contributed by atoms with Gasteiger partial charge in [0.2, 0.25) is 5.88 Å². The Bertz CT molecular complexity index is 1250. The van der Waals surface area contributed by atoms with Crippen molar-refractivity contribution in [2.45, 2.75) is 31.6 Å². The molecule has 32 heavy (non-hydrogen) atoms. The molecule has 0 bridgehead atoms. The van der Waals surface area contributed by atoms with Crippen LogP contribution in [0.2, 0.25) is 0 Å². The number of hydrogen-bond acceptors (Lipinski definition) is 6. The van der Waals surface area contributed by atoms with E-state index in [1.165, 1.54) is 0 Å². The SMILES string of the molecule is COc1ccc([C@@H]2CC(=O)C3=C(C2)Nc2onc(C)c2[C@H]3c2cccc(Br)c2)cc1OC. The second-order valence-electron chi connectivity index (χ2n) is 8.16. The summed E-state index contributed by atoms with van der Waals surface area (Å²) < 4.78 is 17.4. The van der Waals surface area contributed by atoms with Gasteiger partial charge in [-0.3, -0.25) is 4.79 Å². The molecule has 1 N–H and O–H groups in total. The maximum Gasteiger partial charge on any atom is 0.233 e. The summed E-state index contributed by atoms with van der Waals surface area (Å²) in [5.74, 6) is 1.91. The van der Waals surface area contributed by atoms with Gasteiger partial charge in [-0.25, -0.2) is 0 Å². The van der Waals surface area contributed by atoms with E-state index < -0.39 is 0 Å². The molecule has 0 spiro atoms. The summed E-state index contributed by atoms with van der Waals surface area (Å²) in [6.07, 6.45) is 1.13. The molecule has 2 atom stereocenters. The maximum atomic E-state index is 13.6. The predicted octanol–water partition coefficient (Wildman–Crippen LogP) is 5.72. The van der Waals surface area contributed by atoms with Gasteiger partial charge in [-0.1, -0.05) is 39.3 Å². The van der Waals surface area contributed by atoms with E-state index in [1.807, 2.05) is 37.3 Å². The summed E-state index contributed by atoms with van der Waals surface area (Å²) in [7, 11) is 3.23. The monoisotopic (exact) mass is 494 g/mol. The van der Waals surface area contributed by atoms with E-state index in [9.17, 15) is 4.79 Å². The molecule has 5 rings (SSSR count). The molecule has 1 aliphatic carbocycles. The first-order valence-electron chi connectivity index (χ1n) is 10.5. The van der Waals surface area contributed by atoms with E-state index in [1.54, 1.807) is 14.2 Å². The number of hydrogen-bond donors (Lipinski definition) is 1. The fourth-order valence-corrected chi connectivity index (χ4v) is 5.25. The topological polar surface area (TPSA) is 73.6 Å². The molecule has 0 saturated carbocycles. The molecular formula is C25H23BrN2O4. The van der Waals surface area contributed by atoms with Crippen LogP contribution in [0, 0.1) is 6.92 Å². The Balaban J connectivity index is 1.58. The smallest absolute Gasteiger partial charge is 0.233 e. The lowest BCUT2D eigenvalue weighted by Crippen LogP contribution is -2.29. The molecule has 2 aliphatic rings. The number of allylic oxidation sites excluding steroid dienone is 2. The van der Waals surface area contributed by atoms with Gasteiger partial charge in [0.05, 0.1) is 25.5 Å². The lowest BCUT2D eigenvalue weighted by Gasteiger charge is -2.34. The number of ketones is 1. The van der Waals surface area contributed by atoms with Gasteiger partial charge < -0.3 is 19.3 Å². The second kappa shape index (κ2) is 8.13. The fraction of sp³-hybridized carbons (Fsp3) is 0.280. The number of nitrogens with one attached hydrogen (secondary N) is 1. The zero-order valence-electron chi connectivity index (χ0n) is 18.1. The van der Waals surface area contributed by atoms with E-state index in [0.717, 1.165) is 38.1 Å². The van der Waals surface area contributed by atoms with Gasteiger partial charge in [-0.15, -0.1) is 0 Å². The van der Waals surface area contributed by atoms with Gasteiger partial charge in [-0.2, -0.15) is 0 Å². The standard InChI is InChI=1S/C25H23BrN2O4/c1-13-22-23(15-5-4-6-17(26)9-15)24-18(27-25(22)32-28-13)10-16(11-19(24)29)14-7-8-20(30-2)21(12-14)31-3/h4-9,12,16,23,27H,10-11H2,1-3H3/t16-,23+/m0/s1. The number of benzene rings is 2. The number of aromatic nitrogens is 1. The number of carbonyl (C=O) groups excluding carboxylic acids is 1. The first-order chi connectivity index (χ1) is 15.5. The molecule has 0 amide bonds. The summed E-state index contributed by atoms with van der Waals surface area (Å²) in [5, 5.41) is 7.56. The molecule has 2 heterocycles. The molecule has 6 nitrogen and oxygen atoms in total. The highest BCUT2D eigenvalue weighted by molar-refractivity contribution is 9.10. The Morgan fingerprint density at radius 3 is 2.62 bits per heavy atom. The molecular weight excluding hydrogens is 472 g/mol. The van der Waals surface area contributed by atoms with Crippen LogP contribution in [-0.2, 0) is 4.79 Å². The van der Waals surface area contributed by atoms with Crippen molar-refractivity contribution in [3.8, 4) is 11.5 Å². The van der Waals surface area contributed by atoms with E-state index in [0.29, 0.717) is 30.2 Å². The minimum absolute atomic E-state index is 0.0299. The Morgan fingerprint density at radius 2 is 1.88 bits per heavy atom. The third-order valence-corrected chi connectivity index (χ3v) is 6.81. The molecule has 1 aromatic heterocycles. The number of Topliss-reactive ketones (excluding diaryl/α,β-unsaturated/α-hetero) is 1. The van der Waals surface area contributed by atoms with Gasteiger partial charge >= 0.3 is 0 Å². The summed E-state index contributed by atoms with van der Waals surface area (Å²) in [6.45, 7) is 1.92. The highest BCUT2D eigenvalue weighted by Gasteiger charge is 2.41. The van der Waals surface area contributed by atoms with E-state index in [2.05, 4.69) is 38.5 Å². The summed E-state index contributed by atoms with van der Waals surface area (Å²) in [5.41, 5.74) is 5.51. The number of nitrogens with zero attached hydrogens (tertiary/aromatic N) is 1. The molecule has 0 saturated heterocycles. The van der Waals surface area contributed by atoms with Crippen molar-refractivity contribution in [2.75, 3.05) is 19.5 Å². The molecule has 7 heteroatoms. The third-order valence-electron chi connectivity index (χ3n) is 6.32. The fourth-order valence-electron chi connectivity index (χ4n) is 4.83. The lowest BCUT2D eigenvalue weighted by atomic mass is 9.72. The van der Waals surface area contributed by atoms with Crippen LogP contribution >= 0.6 is 15.9 Å². The highest BCUT2D eigenvalue weighted by Crippen LogP contribution is 2.49. The first kappa shape index (κ1) is 20.8. The minimum atomic E-state index is -0.205. The Morgan fingerprint density at radius 1 is 1.06 bits per heavy atom. The van der Waals surface area contributed by atoms with E-state index in [-0.39, 0.29) is 17.6 Å². The van der Waals surface area contributed by atoms with Crippen LogP contribution < -0.4 is 14.8 Å². The van der Waals surface area contributed by atoms with Crippen LogP contribution in [0.1, 0.15) is 47.1 Å². The number of aryl methyl sites for hydroxylation is 1. The average Bonchev–Trinajstić information content (AvgIpc) is 3.17. The second-order valence-corrected chi connectivity index (χ2v) is 9.07. The quantitative estimate of drug-likeness (QED) is 0.499. The van der Waals surface area contributed by atoms with Crippen molar-refractivity contribution >= 4 is 27.6 Å². The molecule has 0 radical (unpaired) electrons. The number of fused-ring (bicyclic) bond motifs is 1. The molecule has 2 aromatic carbocycles. The van der Waals surface area contributed by atoms with Gasteiger partial charge in [0, 0.05) is 28.1 Å². The molecule has 164 valence electrons. The van der Waals surface area contributed by atoms with Crippen LogP contribution in [0.15, 0.2) is 62.7 Å². The molecule has 0 unspecified atom stereocenters. The van der Waals surface area contributed by atoms with Gasteiger partial charge in [0.1, 0.15) is 0 Å². The largest absolute Gasteiger partial charge is 0.493 e.